The SMILES string of the molecule is CCCCCCCC/C=C\CCCCCCCC(=O)N(CC(C)CC)C(=O)CCCCCCC/C=C\CCCCCCCC. The summed E-state index contributed by atoms with van der Waals surface area (Å²) in [6.07, 6.45) is 44.1. The van der Waals surface area contributed by atoms with Crippen LogP contribution in [0.2, 0.25) is 0 Å². The molecule has 3 nitrogen and oxygen atoms in total. The first-order chi connectivity index (χ1) is 21.6. The Morgan fingerprint density at radius 1 is 0.455 bits per heavy atom. The fraction of sp³-hybridized carbons (Fsp3) is 0.854. The van der Waals surface area contributed by atoms with Crippen LogP contribution in [0, 0.1) is 5.92 Å². The van der Waals surface area contributed by atoms with Gasteiger partial charge in [0.25, 0.3) is 0 Å². The van der Waals surface area contributed by atoms with Gasteiger partial charge in [0.2, 0.25) is 11.8 Å². The zero-order valence-corrected chi connectivity index (χ0v) is 30.4. The lowest BCUT2D eigenvalue weighted by molar-refractivity contribution is -0.145. The minimum atomic E-state index is 0.0562. The van der Waals surface area contributed by atoms with Crippen molar-refractivity contribution in [1.82, 2.24) is 4.90 Å². The Morgan fingerprint density at radius 3 is 1.07 bits per heavy atom. The van der Waals surface area contributed by atoms with Gasteiger partial charge in [0.05, 0.1) is 0 Å². The van der Waals surface area contributed by atoms with E-state index < -0.39 is 0 Å². The summed E-state index contributed by atoms with van der Waals surface area (Å²) in [7, 11) is 0. The average molecular weight is 616 g/mol. The van der Waals surface area contributed by atoms with E-state index in [2.05, 4.69) is 52.0 Å². The van der Waals surface area contributed by atoms with Gasteiger partial charge in [-0.1, -0.05) is 161 Å². The first kappa shape index (κ1) is 42.6. The number of rotatable bonds is 33. The fourth-order valence-electron chi connectivity index (χ4n) is 5.75. The van der Waals surface area contributed by atoms with Crippen LogP contribution in [0.3, 0.4) is 0 Å². The maximum Gasteiger partial charge on any atom is 0.229 e. The number of hydrogen-bond donors (Lipinski definition) is 0. The molecule has 0 spiro atoms. The van der Waals surface area contributed by atoms with Crippen LogP contribution in [0.15, 0.2) is 24.3 Å². The molecule has 0 saturated carbocycles. The molecule has 0 aromatic carbocycles. The van der Waals surface area contributed by atoms with Gasteiger partial charge < -0.3 is 0 Å². The molecule has 0 rings (SSSR count). The minimum Gasteiger partial charge on any atom is -0.282 e. The minimum absolute atomic E-state index is 0.0562. The van der Waals surface area contributed by atoms with Gasteiger partial charge in [-0.2, -0.15) is 0 Å². The molecule has 2 amide bonds. The second kappa shape index (κ2) is 34.5. The van der Waals surface area contributed by atoms with Crippen LogP contribution < -0.4 is 0 Å². The molecule has 44 heavy (non-hydrogen) atoms. The molecule has 0 N–H and O–H groups in total. The van der Waals surface area contributed by atoms with Crippen LogP contribution in [0.1, 0.15) is 214 Å². The molecule has 1 unspecified atom stereocenters. The maximum absolute atomic E-state index is 13.0. The molecule has 0 heterocycles. The topological polar surface area (TPSA) is 37.4 Å². The van der Waals surface area contributed by atoms with Gasteiger partial charge >= 0.3 is 0 Å². The second-order valence-corrected chi connectivity index (χ2v) is 13.6. The monoisotopic (exact) mass is 616 g/mol. The van der Waals surface area contributed by atoms with Crippen molar-refractivity contribution in [3.63, 3.8) is 0 Å². The van der Waals surface area contributed by atoms with E-state index in [1.165, 1.54) is 141 Å². The van der Waals surface area contributed by atoms with E-state index in [1.807, 2.05) is 0 Å². The van der Waals surface area contributed by atoms with Crippen LogP contribution >= 0.6 is 0 Å². The van der Waals surface area contributed by atoms with Gasteiger partial charge in [-0.05, 0) is 70.1 Å². The third kappa shape index (κ3) is 29.3. The molecular weight excluding hydrogens is 538 g/mol. The number of nitrogens with zero attached hydrogens (tertiary/aromatic N) is 1. The molecule has 0 saturated heterocycles. The van der Waals surface area contributed by atoms with Crippen molar-refractivity contribution in [3.8, 4) is 0 Å². The lowest BCUT2D eigenvalue weighted by Gasteiger charge is -2.24. The number of amides is 2. The molecule has 0 aliphatic carbocycles. The summed E-state index contributed by atoms with van der Waals surface area (Å²) in [6, 6.07) is 0. The number of allylic oxidation sites excluding steroid dienone is 4. The van der Waals surface area contributed by atoms with Crippen LogP contribution in [0.5, 0.6) is 0 Å². The Balaban J connectivity index is 3.95. The summed E-state index contributed by atoms with van der Waals surface area (Å²) < 4.78 is 0. The number of imide groups is 1. The molecule has 0 aliphatic rings. The van der Waals surface area contributed by atoms with E-state index in [0.717, 1.165) is 32.1 Å². The van der Waals surface area contributed by atoms with E-state index in [4.69, 9.17) is 0 Å². The normalized spacial score (nSPS) is 12.5. The first-order valence-corrected chi connectivity index (χ1v) is 19.7. The molecule has 0 aromatic rings. The van der Waals surface area contributed by atoms with Crippen molar-refractivity contribution in [2.75, 3.05) is 6.54 Å². The van der Waals surface area contributed by atoms with E-state index in [0.29, 0.717) is 25.3 Å². The number of hydrogen-bond acceptors (Lipinski definition) is 2. The van der Waals surface area contributed by atoms with Crippen molar-refractivity contribution in [3.05, 3.63) is 24.3 Å². The molecule has 0 fully saturated rings. The van der Waals surface area contributed by atoms with E-state index in [-0.39, 0.29) is 11.8 Å². The molecule has 0 bridgehead atoms. The first-order valence-electron chi connectivity index (χ1n) is 19.7. The van der Waals surface area contributed by atoms with E-state index in [9.17, 15) is 9.59 Å². The quantitative estimate of drug-likeness (QED) is 0.0544. The Labute approximate surface area is 276 Å². The van der Waals surface area contributed by atoms with Crippen LogP contribution in [-0.2, 0) is 9.59 Å². The van der Waals surface area contributed by atoms with Crippen molar-refractivity contribution < 1.29 is 9.59 Å². The highest BCUT2D eigenvalue weighted by molar-refractivity contribution is 5.95. The van der Waals surface area contributed by atoms with Gasteiger partial charge in [-0.25, -0.2) is 0 Å². The number of carbonyl (C=O) groups excluding carboxylic acids is 2. The summed E-state index contributed by atoms with van der Waals surface area (Å²) in [5, 5.41) is 0. The molecule has 0 aliphatic heterocycles. The van der Waals surface area contributed by atoms with Crippen molar-refractivity contribution in [2.24, 2.45) is 5.92 Å². The molecular formula is C41H77NO2. The lowest BCUT2D eigenvalue weighted by Crippen LogP contribution is -2.39. The number of carbonyl (C=O) groups is 2. The standard InChI is InChI=1S/C41H77NO2/c1-5-8-10-12-14-16-18-20-22-24-26-28-30-32-34-36-40(43)42(38-39(4)7-3)41(44)37-35-33-31-29-27-25-23-21-19-17-15-13-11-9-6-2/h20-23,39H,5-19,24-38H2,1-4H3/b22-20-,23-21-. The van der Waals surface area contributed by atoms with Crippen LogP contribution in [0.4, 0.5) is 0 Å². The third-order valence-electron chi connectivity index (χ3n) is 9.10. The van der Waals surface area contributed by atoms with Gasteiger partial charge in [0, 0.05) is 19.4 Å². The Kier molecular flexibility index (Phi) is 33.4. The predicted molar refractivity (Wildman–Crippen MR) is 195 cm³/mol. The summed E-state index contributed by atoms with van der Waals surface area (Å²) in [5.74, 6) is 0.479. The molecule has 3 heteroatoms. The predicted octanol–water partition coefficient (Wildman–Crippen LogP) is 13.5. The highest BCUT2D eigenvalue weighted by Gasteiger charge is 2.22. The van der Waals surface area contributed by atoms with Gasteiger partial charge in [0.1, 0.15) is 0 Å². The summed E-state index contributed by atoms with van der Waals surface area (Å²) >= 11 is 0. The highest BCUT2D eigenvalue weighted by atomic mass is 16.2. The van der Waals surface area contributed by atoms with E-state index >= 15 is 0 Å². The van der Waals surface area contributed by atoms with Crippen molar-refractivity contribution >= 4 is 11.8 Å². The van der Waals surface area contributed by atoms with Gasteiger partial charge in [-0.15, -0.1) is 0 Å². The Bertz CT molecular complexity index is 630. The molecule has 0 radical (unpaired) electrons. The van der Waals surface area contributed by atoms with Crippen LogP contribution in [0.25, 0.3) is 0 Å². The fourth-order valence-corrected chi connectivity index (χ4v) is 5.75. The summed E-state index contributed by atoms with van der Waals surface area (Å²) in [6.45, 7) is 9.43. The lowest BCUT2D eigenvalue weighted by atomic mass is 10.0. The van der Waals surface area contributed by atoms with Gasteiger partial charge in [0.15, 0.2) is 0 Å². The number of unbranched alkanes of at least 4 members (excludes halogenated alkanes) is 22. The zero-order valence-electron chi connectivity index (χ0n) is 30.4. The van der Waals surface area contributed by atoms with Crippen molar-refractivity contribution in [2.45, 2.75) is 214 Å². The Morgan fingerprint density at radius 2 is 0.750 bits per heavy atom. The van der Waals surface area contributed by atoms with Crippen molar-refractivity contribution in [1.29, 1.82) is 0 Å². The largest absolute Gasteiger partial charge is 0.282 e. The molecule has 1 atom stereocenters. The summed E-state index contributed by atoms with van der Waals surface area (Å²) in [5.41, 5.74) is 0. The maximum atomic E-state index is 13.0. The highest BCUT2D eigenvalue weighted by Crippen LogP contribution is 2.15. The van der Waals surface area contributed by atoms with Gasteiger partial charge in [-0.3, -0.25) is 14.5 Å². The third-order valence-corrected chi connectivity index (χ3v) is 9.10. The van der Waals surface area contributed by atoms with Crippen LogP contribution in [-0.4, -0.2) is 23.3 Å². The Hall–Kier alpha value is -1.38. The zero-order chi connectivity index (χ0) is 32.4. The second-order valence-electron chi connectivity index (χ2n) is 13.6. The average Bonchev–Trinajstić information content (AvgIpc) is 3.03. The molecule has 258 valence electrons. The molecule has 0 aromatic heterocycles. The summed E-state index contributed by atoms with van der Waals surface area (Å²) in [4.78, 5) is 27.6. The smallest absolute Gasteiger partial charge is 0.229 e. The van der Waals surface area contributed by atoms with E-state index in [1.54, 1.807) is 4.90 Å².